The molecule has 0 aliphatic rings. The Bertz CT molecular complexity index is 473. The zero-order chi connectivity index (χ0) is 12.8. The van der Waals surface area contributed by atoms with Gasteiger partial charge in [-0.2, -0.15) is 4.98 Å². The predicted molar refractivity (Wildman–Crippen MR) is 63.4 cm³/mol. The third kappa shape index (κ3) is 3.08. The van der Waals surface area contributed by atoms with Gasteiger partial charge < -0.3 is 15.0 Å². The molecule has 18 heavy (non-hydrogen) atoms. The molecule has 96 valence electrons. The minimum Gasteiger partial charge on any atom is -0.385 e. The van der Waals surface area contributed by atoms with Crippen molar-refractivity contribution in [3.63, 3.8) is 0 Å². The normalized spacial score (nSPS) is 12.6. The fraction of sp³-hybridized carbons (Fsp3) is 0.455. The van der Waals surface area contributed by atoms with Crippen LogP contribution in [0, 0.1) is 0 Å². The summed E-state index contributed by atoms with van der Waals surface area (Å²) in [5.41, 5.74) is 6.56. The van der Waals surface area contributed by atoms with Gasteiger partial charge in [-0.05, 0) is 18.9 Å². The Balaban J connectivity index is 2.02. The van der Waals surface area contributed by atoms with Crippen molar-refractivity contribution >= 4 is 0 Å². The summed E-state index contributed by atoms with van der Waals surface area (Å²) in [5, 5.41) is 3.85. The molecule has 1 atom stereocenters. The van der Waals surface area contributed by atoms with Crippen LogP contribution in [0.25, 0.3) is 11.5 Å². The molecule has 0 saturated carbocycles. The highest BCUT2D eigenvalue weighted by Gasteiger charge is 2.15. The third-order valence-electron chi connectivity index (χ3n) is 2.43. The molecule has 2 N–H and O–H groups in total. The van der Waals surface area contributed by atoms with Crippen LogP contribution in [0.3, 0.4) is 0 Å². The SMILES string of the molecule is COCCCC(N)c1nc(-c2ccncn2)no1. The maximum absolute atomic E-state index is 5.94. The Morgan fingerprint density at radius 1 is 1.50 bits per heavy atom. The number of hydrogen-bond acceptors (Lipinski definition) is 7. The molecule has 0 aromatic carbocycles. The highest BCUT2D eigenvalue weighted by molar-refractivity contribution is 5.46. The lowest BCUT2D eigenvalue weighted by atomic mass is 10.2. The van der Waals surface area contributed by atoms with Crippen LogP contribution in [0.15, 0.2) is 23.1 Å². The average molecular weight is 249 g/mol. The van der Waals surface area contributed by atoms with Crippen LogP contribution in [0.2, 0.25) is 0 Å². The first-order chi connectivity index (χ1) is 8.81. The van der Waals surface area contributed by atoms with Gasteiger partial charge in [0.25, 0.3) is 0 Å². The molecule has 2 aromatic rings. The maximum atomic E-state index is 5.94. The molecule has 7 heteroatoms. The van der Waals surface area contributed by atoms with Crippen molar-refractivity contribution in [1.29, 1.82) is 0 Å². The highest BCUT2D eigenvalue weighted by atomic mass is 16.5. The molecule has 2 rings (SSSR count). The van der Waals surface area contributed by atoms with Crippen LogP contribution in [0.1, 0.15) is 24.8 Å². The number of ether oxygens (including phenoxy) is 1. The number of methoxy groups -OCH3 is 1. The van der Waals surface area contributed by atoms with E-state index in [1.165, 1.54) is 6.33 Å². The number of rotatable bonds is 6. The van der Waals surface area contributed by atoms with Gasteiger partial charge in [0.2, 0.25) is 11.7 Å². The van der Waals surface area contributed by atoms with E-state index in [4.69, 9.17) is 15.0 Å². The van der Waals surface area contributed by atoms with E-state index < -0.39 is 0 Å². The molecule has 2 aromatic heterocycles. The van der Waals surface area contributed by atoms with E-state index in [9.17, 15) is 0 Å². The number of aromatic nitrogens is 4. The monoisotopic (exact) mass is 249 g/mol. The van der Waals surface area contributed by atoms with Crippen molar-refractivity contribution in [3.8, 4) is 11.5 Å². The molecule has 0 bridgehead atoms. The van der Waals surface area contributed by atoms with Crippen molar-refractivity contribution in [2.75, 3.05) is 13.7 Å². The van der Waals surface area contributed by atoms with E-state index in [1.807, 2.05) is 0 Å². The first-order valence-electron chi connectivity index (χ1n) is 5.65. The number of nitrogens with two attached hydrogens (primary N) is 1. The second-order valence-corrected chi connectivity index (χ2v) is 3.79. The van der Waals surface area contributed by atoms with Crippen molar-refractivity contribution in [3.05, 3.63) is 24.5 Å². The molecule has 0 spiro atoms. The number of hydrogen-bond donors (Lipinski definition) is 1. The molecule has 0 aliphatic heterocycles. The topological polar surface area (TPSA) is 100.0 Å². The first-order valence-corrected chi connectivity index (χ1v) is 5.65. The molecular formula is C11H15N5O2. The van der Waals surface area contributed by atoms with Crippen molar-refractivity contribution in [2.24, 2.45) is 5.73 Å². The summed E-state index contributed by atoms with van der Waals surface area (Å²) in [6.45, 7) is 0.667. The summed E-state index contributed by atoms with van der Waals surface area (Å²) in [6, 6.07) is 1.44. The van der Waals surface area contributed by atoms with Gasteiger partial charge in [-0.15, -0.1) is 0 Å². The molecule has 2 heterocycles. The van der Waals surface area contributed by atoms with Gasteiger partial charge in [-0.1, -0.05) is 5.16 Å². The van der Waals surface area contributed by atoms with E-state index in [2.05, 4.69) is 20.1 Å². The van der Waals surface area contributed by atoms with Gasteiger partial charge in [-0.25, -0.2) is 9.97 Å². The van der Waals surface area contributed by atoms with Crippen LogP contribution in [0.5, 0.6) is 0 Å². The summed E-state index contributed by atoms with van der Waals surface area (Å²) >= 11 is 0. The smallest absolute Gasteiger partial charge is 0.243 e. The van der Waals surface area contributed by atoms with E-state index in [0.29, 0.717) is 24.0 Å². The molecule has 0 fully saturated rings. The average Bonchev–Trinajstić information content (AvgIpc) is 2.89. The zero-order valence-electron chi connectivity index (χ0n) is 10.1. The summed E-state index contributed by atoms with van der Waals surface area (Å²) in [5.74, 6) is 0.842. The van der Waals surface area contributed by atoms with Crippen LogP contribution in [-0.2, 0) is 4.74 Å². The van der Waals surface area contributed by atoms with E-state index in [-0.39, 0.29) is 6.04 Å². The van der Waals surface area contributed by atoms with E-state index in [1.54, 1.807) is 19.4 Å². The van der Waals surface area contributed by atoms with Crippen molar-refractivity contribution in [2.45, 2.75) is 18.9 Å². The second-order valence-electron chi connectivity index (χ2n) is 3.79. The van der Waals surface area contributed by atoms with Crippen LogP contribution in [-0.4, -0.2) is 33.8 Å². The summed E-state index contributed by atoms with van der Waals surface area (Å²) < 4.78 is 10.1. The highest BCUT2D eigenvalue weighted by Crippen LogP contribution is 2.17. The Morgan fingerprint density at radius 2 is 2.39 bits per heavy atom. The summed E-state index contributed by atoms with van der Waals surface area (Å²) in [6.07, 6.45) is 4.64. The molecule has 0 radical (unpaired) electrons. The summed E-state index contributed by atoms with van der Waals surface area (Å²) in [4.78, 5) is 12.1. The van der Waals surface area contributed by atoms with Crippen molar-refractivity contribution in [1.82, 2.24) is 20.1 Å². The maximum Gasteiger partial charge on any atom is 0.243 e. The van der Waals surface area contributed by atoms with Crippen LogP contribution >= 0.6 is 0 Å². The van der Waals surface area contributed by atoms with Gasteiger partial charge in [0.1, 0.15) is 12.0 Å². The molecule has 0 saturated heterocycles. The second kappa shape index (κ2) is 6.18. The minimum absolute atomic E-state index is 0.275. The lowest BCUT2D eigenvalue weighted by Crippen LogP contribution is -2.11. The lowest BCUT2D eigenvalue weighted by molar-refractivity contribution is 0.188. The predicted octanol–water partition coefficient (Wildman–Crippen LogP) is 0.953. The number of nitrogens with zero attached hydrogens (tertiary/aromatic N) is 4. The van der Waals surface area contributed by atoms with Crippen molar-refractivity contribution < 1.29 is 9.26 Å². The van der Waals surface area contributed by atoms with Crippen LogP contribution in [0.4, 0.5) is 0 Å². The third-order valence-corrected chi connectivity index (χ3v) is 2.43. The van der Waals surface area contributed by atoms with Gasteiger partial charge in [0, 0.05) is 19.9 Å². The molecule has 0 amide bonds. The Morgan fingerprint density at radius 3 is 3.11 bits per heavy atom. The minimum atomic E-state index is -0.275. The van der Waals surface area contributed by atoms with E-state index >= 15 is 0 Å². The fourth-order valence-electron chi connectivity index (χ4n) is 1.48. The molecule has 7 nitrogen and oxygen atoms in total. The zero-order valence-corrected chi connectivity index (χ0v) is 10.1. The Kier molecular flexibility index (Phi) is 4.32. The molecular weight excluding hydrogens is 234 g/mol. The molecule has 0 aliphatic carbocycles. The van der Waals surface area contributed by atoms with Gasteiger partial charge in [0.15, 0.2) is 0 Å². The van der Waals surface area contributed by atoms with Gasteiger partial charge in [0.05, 0.1) is 6.04 Å². The Labute approximate surface area is 104 Å². The van der Waals surface area contributed by atoms with Crippen LogP contribution < -0.4 is 5.73 Å². The first kappa shape index (κ1) is 12.6. The fourth-order valence-corrected chi connectivity index (χ4v) is 1.48. The van der Waals surface area contributed by atoms with Gasteiger partial charge in [-0.3, -0.25) is 0 Å². The lowest BCUT2D eigenvalue weighted by Gasteiger charge is -2.04. The Hall–Kier alpha value is -1.86. The summed E-state index contributed by atoms with van der Waals surface area (Å²) in [7, 11) is 1.66. The quantitative estimate of drug-likeness (QED) is 0.761. The largest absolute Gasteiger partial charge is 0.385 e. The molecule has 1 unspecified atom stereocenters. The van der Waals surface area contributed by atoms with Gasteiger partial charge >= 0.3 is 0 Å². The van der Waals surface area contributed by atoms with E-state index in [0.717, 1.165) is 12.8 Å². The standard InChI is InChI=1S/C11H15N5O2/c1-17-6-2-3-8(12)11-15-10(16-18-11)9-4-5-13-7-14-9/h4-5,7-8H,2-3,6,12H2,1H3.